The fourth-order valence-corrected chi connectivity index (χ4v) is 1.79. The van der Waals surface area contributed by atoms with E-state index in [0.29, 0.717) is 0 Å². The Balaban J connectivity index is 2.68. The molecule has 1 amide bonds. The van der Waals surface area contributed by atoms with Crippen molar-refractivity contribution in [3.63, 3.8) is 0 Å². The number of ether oxygens (including phenoxy) is 1. The van der Waals surface area contributed by atoms with Gasteiger partial charge in [-0.1, -0.05) is 0 Å². The molecule has 102 valence electrons. The van der Waals surface area contributed by atoms with Gasteiger partial charge in [-0.05, 0) is 27.7 Å². The second kappa shape index (κ2) is 4.96. The highest BCUT2D eigenvalue weighted by molar-refractivity contribution is 5.89. The molecule has 0 aromatic carbocycles. The Morgan fingerprint density at radius 1 is 1.44 bits per heavy atom. The molecule has 2 atom stereocenters. The van der Waals surface area contributed by atoms with E-state index in [1.165, 1.54) is 4.90 Å². The van der Waals surface area contributed by atoms with Gasteiger partial charge in [0.2, 0.25) is 5.91 Å². The zero-order valence-corrected chi connectivity index (χ0v) is 11.1. The van der Waals surface area contributed by atoms with Crippen molar-refractivity contribution >= 4 is 17.8 Å². The lowest BCUT2D eigenvalue weighted by atomic mass is 10.1. The number of carbonyl (C=O) groups excluding carboxylic acids is 2. The summed E-state index contributed by atoms with van der Waals surface area (Å²) in [6.45, 7) is 6.83. The van der Waals surface area contributed by atoms with Crippen molar-refractivity contribution in [2.75, 3.05) is 6.54 Å². The van der Waals surface area contributed by atoms with Gasteiger partial charge in [-0.3, -0.25) is 9.59 Å². The molecule has 1 aliphatic heterocycles. The zero-order valence-electron chi connectivity index (χ0n) is 11.1. The summed E-state index contributed by atoms with van der Waals surface area (Å²) < 4.78 is 5.18. The van der Waals surface area contributed by atoms with Gasteiger partial charge in [0.1, 0.15) is 11.6 Å². The van der Waals surface area contributed by atoms with Crippen LogP contribution in [0.3, 0.4) is 0 Å². The minimum Gasteiger partial charge on any atom is -0.481 e. The van der Waals surface area contributed by atoms with E-state index >= 15 is 0 Å². The summed E-state index contributed by atoms with van der Waals surface area (Å²) in [5.74, 6) is -2.58. The Bertz CT molecular complexity index is 371. The highest BCUT2D eigenvalue weighted by Crippen LogP contribution is 2.22. The minimum atomic E-state index is -1.01. The first-order valence-corrected chi connectivity index (χ1v) is 5.87. The van der Waals surface area contributed by atoms with Crippen LogP contribution >= 0.6 is 0 Å². The van der Waals surface area contributed by atoms with Crippen LogP contribution in [0.4, 0.5) is 0 Å². The fraction of sp³-hybridized carbons (Fsp3) is 0.750. The van der Waals surface area contributed by atoms with Crippen LogP contribution in [0.1, 0.15) is 34.1 Å². The maximum Gasteiger partial charge on any atom is 0.329 e. The monoisotopic (exact) mass is 257 g/mol. The summed E-state index contributed by atoms with van der Waals surface area (Å²) in [4.78, 5) is 35.5. The number of rotatable bonds is 3. The molecule has 2 unspecified atom stereocenters. The third-order valence-electron chi connectivity index (χ3n) is 2.72. The number of likely N-dealkylation sites (tertiary alicyclic amines) is 1. The fourth-order valence-electron chi connectivity index (χ4n) is 1.79. The molecule has 1 aliphatic rings. The average Bonchev–Trinajstić information content (AvgIpc) is 2.56. The number of esters is 1. The van der Waals surface area contributed by atoms with Crippen LogP contribution in [-0.2, 0) is 19.1 Å². The van der Waals surface area contributed by atoms with Crippen molar-refractivity contribution in [2.24, 2.45) is 5.92 Å². The van der Waals surface area contributed by atoms with Gasteiger partial charge in [0.05, 0.1) is 5.92 Å². The van der Waals surface area contributed by atoms with Crippen LogP contribution in [0.5, 0.6) is 0 Å². The molecule has 0 aromatic heterocycles. The van der Waals surface area contributed by atoms with Gasteiger partial charge in [-0.2, -0.15) is 0 Å². The van der Waals surface area contributed by atoms with Crippen LogP contribution in [0.15, 0.2) is 0 Å². The van der Waals surface area contributed by atoms with E-state index in [0.717, 1.165) is 0 Å². The molecule has 1 rings (SSSR count). The summed E-state index contributed by atoms with van der Waals surface area (Å²) in [6.07, 6.45) is -0.0531. The molecule has 6 heteroatoms. The summed E-state index contributed by atoms with van der Waals surface area (Å²) in [7, 11) is 0. The number of carboxylic acid groups (broad SMARTS) is 1. The first kappa shape index (κ1) is 14.5. The van der Waals surface area contributed by atoms with Crippen molar-refractivity contribution in [2.45, 2.75) is 45.8 Å². The zero-order chi connectivity index (χ0) is 14.1. The molecule has 0 spiro atoms. The van der Waals surface area contributed by atoms with E-state index in [1.807, 2.05) is 0 Å². The van der Waals surface area contributed by atoms with Gasteiger partial charge in [-0.15, -0.1) is 0 Å². The van der Waals surface area contributed by atoms with E-state index in [4.69, 9.17) is 9.84 Å². The highest BCUT2D eigenvalue weighted by Gasteiger charge is 2.39. The Kier molecular flexibility index (Phi) is 3.98. The van der Waals surface area contributed by atoms with Gasteiger partial charge in [0.15, 0.2) is 0 Å². The first-order chi connectivity index (χ1) is 8.11. The number of nitrogens with zero attached hydrogens (tertiary/aromatic N) is 1. The molecule has 0 bridgehead atoms. The molecular formula is C12H19NO5. The Morgan fingerprint density at radius 3 is 2.39 bits per heavy atom. The molecule has 1 fully saturated rings. The number of amides is 1. The molecule has 18 heavy (non-hydrogen) atoms. The Labute approximate surface area is 106 Å². The van der Waals surface area contributed by atoms with Crippen LogP contribution in [0.2, 0.25) is 0 Å². The lowest BCUT2D eigenvalue weighted by Gasteiger charge is -2.27. The lowest BCUT2D eigenvalue weighted by Crippen LogP contribution is -2.43. The SMILES string of the molecule is CC(C(=O)OC(C)(C)C)N1CC(C(=O)O)CC1=O. The number of carboxylic acids is 1. The van der Waals surface area contributed by atoms with Crippen molar-refractivity contribution < 1.29 is 24.2 Å². The molecular weight excluding hydrogens is 238 g/mol. The molecule has 0 radical (unpaired) electrons. The quantitative estimate of drug-likeness (QED) is 0.750. The number of hydrogen-bond acceptors (Lipinski definition) is 4. The second-order valence-corrected chi connectivity index (χ2v) is 5.49. The van der Waals surface area contributed by atoms with E-state index < -0.39 is 29.5 Å². The van der Waals surface area contributed by atoms with Gasteiger partial charge < -0.3 is 14.7 Å². The lowest BCUT2D eigenvalue weighted by molar-refractivity contribution is -0.163. The van der Waals surface area contributed by atoms with Crippen LogP contribution in [0, 0.1) is 5.92 Å². The molecule has 1 saturated heterocycles. The number of carbonyl (C=O) groups is 3. The Hall–Kier alpha value is -1.59. The standard InChI is InChI=1S/C12H19NO5/c1-7(11(17)18-12(2,3)4)13-6-8(10(15)16)5-9(13)14/h7-8H,5-6H2,1-4H3,(H,15,16). The molecule has 0 aliphatic carbocycles. The van der Waals surface area contributed by atoms with Crippen LogP contribution in [0.25, 0.3) is 0 Å². The predicted octanol–water partition coefficient (Wildman–Crippen LogP) is 0.650. The van der Waals surface area contributed by atoms with E-state index in [2.05, 4.69) is 0 Å². The van der Waals surface area contributed by atoms with E-state index in [9.17, 15) is 14.4 Å². The topological polar surface area (TPSA) is 83.9 Å². The smallest absolute Gasteiger partial charge is 0.329 e. The van der Waals surface area contributed by atoms with Crippen molar-refractivity contribution in [3.05, 3.63) is 0 Å². The summed E-state index contributed by atoms with van der Waals surface area (Å²) in [5, 5.41) is 8.86. The molecule has 0 saturated carbocycles. The maximum absolute atomic E-state index is 11.8. The minimum absolute atomic E-state index is 0.0531. The molecule has 1 heterocycles. The van der Waals surface area contributed by atoms with Gasteiger partial charge in [0.25, 0.3) is 0 Å². The third kappa shape index (κ3) is 3.45. The maximum atomic E-state index is 11.8. The summed E-state index contributed by atoms with van der Waals surface area (Å²) in [6, 6.07) is -0.749. The summed E-state index contributed by atoms with van der Waals surface area (Å²) in [5.41, 5.74) is -0.625. The number of hydrogen-bond donors (Lipinski definition) is 1. The third-order valence-corrected chi connectivity index (χ3v) is 2.72. The highest BCUT2D eigenvalue weighted by atomic mass is 16.6. The van der Waals surface area contributed by atoms with Crippen molar-refractivity contribution in [1.29, 1.82) is 0 Å². The van der Waals surface area contributed by atoms with Crippen LogP contribution < -0.4 is 0 Å². The van der Waals surface area contributed by atoms with Gasteiger partial charge in [0, 0.05) is 13.0 Å². The predicted molar refractivity (Wildman–Crippen MR) is 62.8 cm³/mol. The van der Waals surface area contributed by atoms with Crippen molar-refractivity contribution in [3.8, 4) is 0 Å². The van der Waals surface area contributed by atoms with Gasteiger partial charge in [-0.25, -0.2) is 4.79 Å². The molecule has 0 aromatic rings. The largest absolute Gasteiger partial charge is 0.481 e. The first-order valence-electron chi connectivity index (χ1n) is 5.87. The van der Waals surface area contributed by atoms with Gasteiger partial charge >= 0.3 is 11.9 Å². The molecule has 1 N–H and O–H groups in total. The second-order valence-electron chi connectivity index (χ2n) is 5.49. The van der Waals surface area contributed by atoms with E-state index in [1.54, 1.807) is 27.7 Å². The normalized spacial score (nSPS) is 21.9. The van der Waals surface area contributed by atoms with Crippen molar-refractivity contribution in [1.82, 2.24) is 4.90 Å². The van der Waals surface area contributed by atoms with Crippen LogP contribution in [-0.4, -0.2) is 46.0 Å². The Morgan fingerprint density at radius 2 is 2.00 bits per heavy atom. The number of aliphatic carboxylic acids is 1. The van der Waals surface area contributed by atoms with E-state index in [-0.39, 0.29) is 18.9 Å². The average molecular weight is 257 g/mol. The summed E-state index contributed by atoms with van der Waals surface area (Å²) >= 11 is 0. The molecule has 6 nitrogen and oxygen atoms in total.